The summed E-state index contributed by atoms with van der Waals surface area (Å²) in [5, 5.41) is 11.5. The molecule has 1 fully saturated rings. The number of carbonyl (C=O) groups excluding carboxylic acids is 3. The average molecular weight is 540 g/mol. The summed E-state index contributed by atoms with van der Waals surface area (Å²) < 4.78 is 9.76. The van der Waals surface area contributed by atoms with Gasteiger partial charge in [-0.25, -0.2) is 9.59 Å². The number of amides is 5. The number of ether oxygens (including phenoxy) is 1. The second-order valence-corrected chi connectivity index (χ2v) is 9.91. The zero-order valence-corrected chi connectivity index (χ0v) is 22.1. The first-order valence-corrected chi connectivity index (χ1v) is 13.3. The normalized spacial score (nSPS) is 17.4. The molecule has 5 amide bonds. The maximum absolute atomic E-state index is 12.4. The highest BCUT2D eigenvalue weighted by atomic mass is 32.1. The van der Waals surface area contributed by atoms with E-state index in [1.54, 1.807) is 6.08 Å². The Bertz CT molecular complexity index is 1220. The van der Waals surface area contributed by atoms with E-state index >= 15 is 0 Å². The number of anilines is 2. The van der Waals surface area contributed by atoms with Gasteiger partial charge in [0, 0.05) is 36.9 Å². The summed E-state index contributed by atoms with van der Waals surface area (Å²) in [4.78, 5) is 39.3. The van der Waals surface area contributed by atoms with Crippen LogP contribution in [0.4, 0.5) is 20.3 Å². The number of hydrogen-bond acceptors (Lipinski definition) is 7. The van der Waals surface area contributed by atoms with Gasteiger partial charge in [-0.05, 0) is 61.6 Å². The Morgan fingerprint density at radius 1 is 1.16 bits per heavy atom. The smallest absolute Gasteiger partial charge is 0.323 e. The Morgan fingerprint density at radius 2 is 1.97 bits per heavy atom. The third-order valence-electron chi connectivity index (χ3n) is 6.22. The van der Waals surface area contributed by atoms with Crippen molar-refractivity contribution in [2.24, 2.45) is 5.73 Å². The first-order chi connectivity index (χ1) is 18.4. The summed E-state index contributed by atoms with van der Waals surface area (Å²) in [6.07, 6.45) is 6.80. The van der Waals surface area contributed by atoms with Crippen molar-refractivity contribution in [1.82, 2.24) is 19.9 Å². The number of nitrogens with zero attached hydrogens (tertiary/aromatic N) is 2. The number of morpholine rings is 1. The monoisotopic (exact) mass is 539 g/mol. The molecule has 38 heavy (non-hydrogen) atoms. The molecule has 2 aromatic rings. The van der Waals surface area contributed by atoms with Crippen molar-refractivity contribution in [2.75, 3.05) is 50.0 Å². The zero-order valence-electron chi connectivity index (χ0n) is 21.3. The van der Waals surface area contributed by atoms with E-state index < -0.39 is 11.9 Å². The van der Waals surface area contributed by atoms with Gasteiger partial charge >= 0.3 is 12.1 Å². The molecule has 1 aromatic carbocycles. The van der Waals surface area contributed by atoms with Crippen LogP contribution in [-0.2, 0) is 4.74 Å². The predicted octanol–water partition coefficient (Wildman–Crippen LogP) is 3.14. The SMILES string of the molecule is Cc1cccc(NC(=O)NC2=CCC(c3nsc(NC(=O)NCCCN4CCOCC4)c3C(N)=O)C=C2)c1. The van der Waals surface area contributed by atoms with Gasteiger partial charge in [-0.1, -0.05) is 24.3 Å². The van der Waals surface area contributed by atoms with Gasteiger partial charge < -0.3 is 26.4 Å². The Kier molecular flexibility index (Phi) is 9.46. The number of nitrogens with two attached hydrogens (primary N) is 1. The number of hydrogen-bond donors (Lipinski definition) is 5. The minimum Gasteiger partial charge on any atom is -0.379 e. The van der Waals surface area contributed by atoms with Crippen LogP contribution in [0.15, 0.2) is 48.2 Å². The fourth-order valence-corrected chi connectivity index (χ4v) is 5.14. The molecule has 0 bridgehead atoms. The van der Waals surface area contributed by atoms with E-state index in [-0.39, 0.29) is 17.5 Å². The minimum absolute atomic E-state index is 0.204. The molecule has 0 spiro atoms. The number of carbonyl (C=O) groups is 3. The molecule has 4 rings (SSSR count). The second kappa shape index (κ2) is 13.2. The van der Waals surface area contributed by atoms with Crippen LogP contribution in [0.3, 0.4) is 0 Å². The zero-order chi connectivity index (χ0) is 26.9. The van der Waals surface area contributed by atoms with Gasteiger partial charge in [-0.2, -0.15) is 4.37 Å². The molecular formula is C26H33N7O4S. The maximum Gasteiger partial charge on any atom is 0.323 e. The molecule has 1 saturated heterocycles. The molecule has 12 heteroatoms. The van der Waals surface area contributed by atoms with Gasteiger partial charge in [-0.3, -0.25) is 15.0 Å². The number of nitrogens with one attached hydrogen (secondary N) is 4. The lowest BCUT2D eigenvalue weighted by Gasteiger charge is -2.26. The summed E-state index contributed by atoms with van der Waals surface area (Å²) in [7, 11) is 0. The molecule has 2 aliphatic rings. The quantitative estimate of drug-likeness (QED) is 0.309. The van der Waals surface area contributed by atoms with Gasteiger partial charge in [0.1, 0.15) is 5.00 Å². The topological polar surface area (TPSA) is 151 Å². The lowest BCUT2D eigenvalue weighted by Crippen LogP contribution is -2.38. The van der Waals surface area contributed by atoms with Crippen molar-refractivity contribution >= 4 is 40.2 Å². The molecule has 0 saturated carbocycles. The Balaban J connectivity index is 1.28. The van der Waals surface area contributed by atoms with Gasteiger partial charge in [0.2, 0.25) is 0 Å². The van der Waals surface area contributed by atoms with Crippen LogP contribution in [0.2, 0.25) is 0 Å². The third kappa shape index (κ3) is 7.63. The number of primary amides is 1. The van der Waals surface area contributed by atoms with E-state index in [9.17, 15) is 14.4 Å². The van der Waals surface area contributed by atoms with Crippen molar-refractivity contribution < 1.29 is 19.1 Å². The first-order valence-electron chi connectivity index (χ1n) is 12.6. The van der Waals surface area contributed by atoms with E-state index in [1.807, 2.05) is 43.3 Å². The first kappa shape index (κ1) is 27.3. The summed E-state index contributed by atoms with van der Waals surface area (Å²) in [5.41, 5.74) is 8.75. The fraction of sp³-hybridized carbons (Fsp3) is 0.385. The van der Waals surface area contributed by atoms with Crippen molar-refractivity contribution in [2.45, 2.75) is 25.7 Å². The summed E-state index contributed by atoms with van der Waals surface area (Å²) >= 11 is 1.02. The molecule has 1 aromatic heterocycles. The number of benzene rings is 1. The molecule has 0 radical (unpaired) electrons. The summed E-state index contributed by atoms with van der Waals surface area (Å²) in [5.74, 6) is -0.874. The molecule has 11 nitrogen and oxygen atoms in total. The highest BCUT2D eigenvalue weighted by Crippen LogP contribution is 2.34. The summed E-state index contributed by atoms with van der Waals surface area (Å²) in [6.45, 7) is 6.63. The predicted molar refractivity (Wildman–Crippen MR) is 147 cm³/mol. The van der Waals surface area contributed by atoms with Crippen LogP contribution in [0, 0.1) is 6.92 Å². The van der Waals surface area contributed by atoms with Crippen LogP contribution in [0.5, 0.6) is 0 Å². The lowest BCUT2D eigenvalue weighted by molar-refractivity contribution is 0.0375. The highest BCUT2D eigenvalue weighted by Gasteiger charge is 2.26. The molecule has 1 unspecified atom stereocenters. The largest absolute Gasteiger partial charge is 0.379 e. The lowest BCUT2D eigenvalue weighted by atomic mass is 9.93. The molecule has 1 atom stereocenters. The Labute approximate surface area is 225 Å². The van der Waals surface area contributed by atoms with Gasteiger partial charge in [0.05, 0.1) is 24.5 Å². The van der Waals surface area contributed by atoms with Crippen LogP contribution in [0.25, 0.3) is 0 Å². The third-order valence-corrected chi connectivity index (χ3v) is 6.99. The van der Waals surface area contributed by atoms with Crippen LogP contribution in [0.1, 0.15) is 40.4 Å². The Morgan fingerprint density at radius 3 is 2.68 bits per heavy atom. The Hall–Kier alpha value is -3.74. The standard InChI is InChI=1S/C26H33N7O4S/c1-17-4-2-5-20(16-17)30-26(36)29-19-8-6-18(7-9-19)22-21(23(27)34)24(38-32-22)31-25(35)28-10-3-11-33-12-14-37-15-13-33/h2,4-6,8-9,16,18H,3,7,10-15H2,1H3,(H2,27,34)(H2,28,31,35)(H2,29,30,36). The number of aromatic nitrogens is 1. The molecule has 2 heterocycles. The molecule has 202 valence electrons. The van der Waals surface area contributed by atoms with Gasteiger partial charge in [-0.15, -0.1) is 0 Å². The summed E-state index contributed by atoms with van der Waals surface area (Å²) in [6, 6.07) is 6.77. The number of rotatable bonds is 9. The van der Waals surface area contributed by atoms with Gasteiger partial charge in [0.25, 0.3) is 5.91 Å². The molecule has 6 N–H and O–H groups in total. The van der Waals surface area contributed by atoms with Gasteiger partial charge in [0.15, 0.2) is 0 Å². The number of urea groups is 2. The minimum atomic E-state index is -0.657. The molecule has 1 aliphatic heterocycles. The van der Waals surface area contributed by atoms with Crippen LogP contribution in [-0.4, -0.2) is 66.6 Å². The van der Waals surface area contributed by atoms with E-state index in [4.69, 9.17) is 10.5 Å². The van der Waals surface area contributed by atoms with Crippen LogP contribution < -0.4 is 27.0 Å². The van der Waals surface area contributed by atoms with Crippen molar-refractivity contribution in [3.8, 4) is 0 Å². The number of aryl methyl sites for hydroxylation is 1. The molecular weight excluding hydrogens is 506 g/mol. The van der Waals surface area contributed by atoms with E-state index in [2.05, 4.69) is 30.5 Å². The van der Waals surface area contributed by atoms with Crippen molar-refractivity contribution in [3.63, 3.8) is 0 Å². The van der Waals surface area contributed by atoms with E-state index in [0.717, 1.165) is 56.4 Å². The van der Waals surface area contributed by atoms with Crippen molar-refractivity contribution in [3.05, 3.63) is 65.0 Å². The highest BCUT2D eigenvalue weighted by molar-refractivity contribution is 7.11. The molecule has 1 aliphatic carbocycles. The fourth-order valence-electron chi connectivity index (χ4n) is 4.29. The van der Waals surface area contributed by atoms with E-state index in [0.29, 0.717) is 35.0 Å². The average Bonchev–Trinajstić information content (AvgIpc) is 3.31. The van der Waals surface area contributed by atoms with Crippen molar-refractivity contribution in [1.29, 1.82) is 0 Å². The second-order valence-electron chi connectivity index (χ2n) is 9.13. The maximum atomic E-state index is 12.4. The number of allylic oxidation sites excluding steroid dienone is 3. The van der Waals surface area contributed by atoms with Crippen LogP contribution >= 0.6 is 11.5 Å². The van der Waals surface area contributed by atoms with E-state index in [1.165, 1.54) is 0 Å².